The standard InChI is InChI=1S/C28H37N2O2.C5H8/c1-30(2,19-12-20-31-25-17-10-5-11-18-25)22-26-21-29-28(32-26)27(23-13-6-3-7-14-23)24-15-8-4-9-16-24;1-3-5-4-2/h3,5-7,10-11,13-14,17-18,21,24,27H,4,8-9,12,15-16,19-20,22H2,1-2H3;3-5H,1H2,2H3/q+1;/b;5-4-. The van der Waals surface area contributed by atoms with E-state index in [1.54, 1.807) is 6.08 Å². The molecule has 1 unspecified atom stereocenters. The Morgan fingerprint density at radius 2 is 1.70 bits per heavy atom. The lowest BCUT2D eigenvalue weighted by molar-refractivity contribution is -0.904. The van der Waals surface area contributed by atoms with Crippen molar-refractivity contribution in [3.8, 4) is 5.75 Å². The summed E-state index contributed by atoms with van der Waals surface area (Å²) in [4.78, 5) is 4.79. The van der Waals surface area contributed by atoms with Crippen molar-refractivity contribution >= 4 is 0 Å². The quantitative estimate of drug-likeness (QED) is 0.151. The molecule has 1 fully saturated rings. The minimum absolute atomic E-state index is 0.264. The van der Waals surface area contributed by atoms with Gasteiger partial charge in [-0.1, -0.05) is 92.6 Å². The van der Waals surface area contributed by atoms with Gasteiger partial charge in [-0.15, -0.1) is 0 Å². The lowest BCUT2D eigenvalue weighted by Crippen LogP contribution is -2.40. The summed E-state index contributed by atoms with van der Waals surface area (Å²) in [7, 11) is 4.50. The lowest BCUT2D eigenvalue weighted by atomic mass is 9.77. The van der Waals surface area contributed by atoms with Crippen molar-refractivity contribution in [3.05, 3.63) is 109 Å². The zero-order valence-electron chi connectivity index (χ0n) is 23.0. The molecule has 1 aliphatic carbocycles. The molecule has 3 aromatic rings. The summed E-state index contributed by atoms with van der Waals surface area (Å²) in [6.07, 6.45) is 15.0. The predicted octanol–water partition coefficient (Wildman–Crippen LogP) is 8.18. The monoisotopic (exact) mass is 501 g/mol. The normalized spacial score (nSPS) is 15.1. The third-order valence-electron chi connectivity index (χ3n) is 6.95. The molecule has 1 heterocycles. The summed E-state index contributed by atoms with van der Waals surface area (Å²) in [5, 5.41) is 0. The Balaban J connectivity index is 0.000000695. The average molecular weight is 502 g/mol. The first kappa shape index (κ1) is 28.5. The first-order valence-corrected chi connectivity index (χ1v) is 13.8. The fraction of sp³-hybridized carbons (Fsp3) is 0.424. The van der Waals surface area contributed by atoms with Gasteiger partial charge in [0.1, 0.15) is 12.3 Å². The molecule has 0 aliphatic heterocycles. The number of nitrogens with zero attached hydrogens (tertiary/aromatic N) is 2. The Bertz CT molecular complexity index is 1050. The molecule has 1 aliphatic rings. The van der Waals surface area contributed by atoms with Crippen LogP contribution in [-0.4, -0.2) is 36.7 Å². The van der Waals surface area contributed by atoms with Gasteiger partial charge in [0.2, 0.25) is 5.89 Å². The second-order valence-electron chi connectivity index (χ2n) is 10.5. The van der Waals surface area contributed by atoms with Crippen LogP contribution in [0.2, 0.25) is 0 Å². The zero-order valence-corrected chi connectivity index (χ0v) is 23.0. The maximum Gasteiger partial charge on any atom is 0.202 e. The number of quaternary nitrogens is 1. The number of rotatable bonds is 11. The maximum atomic E-state index is 6.41. The van der Waals surface area contributed by atoms with E-state index >= 15 is 0 Å². The van der Waals surface area contributed by atoms with Gasteiger partial charge in [0.15, 0.2) is 5.76 Å². The lowest BCUT2D eigenvalue weighted by Gasteiger charge is -2.29. The maximum absolute atomic E-state index is 6.41. The highest BCUT2D eigenvalue weighted by Crippen LogP contribution is 2.40. The van der Waals surface area contributed by atoms with Gasteiger partial charge >= 0.3 is 0 Å². The molecular weight excluding hydrogens is 456 g/mol. The molecule has 0 saturated heterocycles. The molecule has 1 atom stereocenters. The van der Waals surface area contributed by atoms with Crippen LogP contribution in [-0.2, 0) is 6.54 Å². The molecule has 4 heteroatoms. The zero-order chi connectivity index (χ0) is 26.3. The minimum atomic E-state index is 0.264. The molecule has 0 spiro atoms. The van der Waals surface area contributed by atoms with Crippen molar-refractivity contribution in [2.24, 2.45) is 5.92 Å². The molecule has 1 aromatic heterocycles. The summed E-state index contributed by atoms with van der Waals surface area (Å²) in [5.74, 6) is 3.69. The fourth-order valence-electron chi connectivity index (χ4n) is 5.12. The highest BCUT2D eigenvalue weighted by atomic mass is 16.5. The van der Waals surface area contributed by atoms with E-state index in [4.69, 9.17) is 14.1 Å². The van der Waals surface area contributed by atoms with Crippen LogP contribution in [0.3, 0.4) is 0 Å². The van der Waals surface area contributed by atoms with E-state index in [-0.39, 0.29) is 5.92 Å². The van der Waals surface area contributed by atoms with Crippen molar-refractivity contribution in [2.45, 2.75) is 57.9 Å². The smallest absolute Gasteiger partial charge is 0.202 e. The van der Waals surface area contributed by atoms with Crippen LogP contribution < -0.4 is 4.74 Å². The van der Waals surface area contributed by atoms with E-state index in [1.165, 1.54) is 37.7 Å². The summed E-state index contributed by atoms with van der Waals surface area (Å²) < 4.78 is 13.1. The van der Waals surface area contributed by atoms with Gasteiger partial charge in [-0.2, -0.15) is 0 Å². The minimum Gasteiger partial charge on any atom is -0.493 e. The van der Waals surface area contributed by atoms with Crippen LogP contribution in [0.15, 0.2) is 96.1 Å². The number of benzene rings is 2. The molecule has 37 heavy (non-hydrogen) atoms. The van der Waals surface area contributed by atoms with E-state index in [1.807, 2.05) is 55.6 Å². The van der Waals surface area contributed by atoms with Crippen LogP contribution in [0.5, 0.6) is 5.75 Å². The first-order chi connectivity index (χ1) is 18.0. The van der Waals surface area contributed by atoms with Gasteiger partial charge in [0.25, 0.3) is 0 Å². The van der Waals surface area contributed by atoms with Crippen molar-refractivity contribution in [1.82, 2.24) is 4.98 Å². The number of para-hydroxylation sites is 1. The first-order valence-electron chi connectivity index (χ1n) is 13.8. The van der Waals surface area contributed by atoms with Crippen molar-refractivity contribution < 1.29 is 13.6 Å². The molecule has 2 aromatic carbocycles. The van der Waals surface area contributed by atoms with Crippen LogP contribution >= 0.6 is 0 Å². The number of ether oxygens (including phenoxy) is 1. The highest BCUT2D eigenvalue weighted by molar-refractivity contribution is 5.26. The number of aromatic nitrogens is 1. The van der Waals surface area contributed by atoms with E-state index < -0.39 is 0 Å². The molecule has 0 radical (unpaired) electrons. The van der Waals surface area contributed by atoms with Crippen LogP contribution in [0.25, 0.3) is 0 Å². The Labute approximate surface area is 224 Å². The number of oxazole rings is 1. The summed E-state index contributed by atoms with van der Waals surface area (Å²) in [6, 6.07) is 20.8. The van der Waals surface area contributed by atoms with Crippen molar-refractivity contribution in [2.75, 3.05) is 27.2 Å². The second-order valence-corrected chi connectivity index (χ2v) is 10.5. The van der Waals surface area contributed by atoms with Crippen LogP contribution in [0.4, 0.5) is 0 Å². The van der Waals surface area contributed by atoms with Gasteiger partial charge in [-0.3, -0.25) is 0 Å². The third kappa shape index (κ3) is 9.70. The van der Waals surface area contributed by atoms with Gasteiger partial charge in [-0.05, 0) is 43.4 Å². The topological polar surface area (TPSA) is 35.3 Å². The molecule has 4 rings (SSSR count). The Morgan fingerprint density at radius 3 is 2.32 bits per heavy atom. The van der Waals surface area contributed by atoms with Crippen LogP contribution in [0, 0.1) is 5.92 Å². The summed E-state index contributed by atoms with van der Waals surface area (Å²) in [5.41, 5.74) is 1.33. The van der Waals surface area contributed by atoms with E-state index in [2.05, 4.69) is 51.0 Å². The molecule has 0 N–H and O–H groups in total. The molecule has 1 saturated carbocycles. The Hall–Kier alpha value is -3.11. The fourth-order valence-corrected chi connectivity index (χ4v) is 5.12. The van der Waals surface area contributed by atoms with E-state index in [0.29, 0.717) is 5.92 Å². The largest absolute Gasteiger partial charge is 0.493 e. The number of allylic oxidation sites excluding steroid dienone is 3. The van der Waals surface area contributed by atoms with Crippen LogP contribution in [0.1, 0.15) is 68.6 Å². The average Bonchev–Trinajstić information content (AvgIpc) is 3.36. The summed E-state index contributed by atoms with van der Waals surface area (Å²) >= 11 is 0. The van der Waals surface area contributed by atoms with Crippen molar-refractivity contribution in [1.29, 1.82) is 0 Å². The number of hydrogen-bond acceptors (Lipinski definition) is 3. The third-order valence-corrected chi connectivity index (χ3v) is 6.95. The molecule has 0 bridgehead atoms. The second kappa shape index (κ2) is 15.2. The molecule has 198 valence electrons. The highest BCUT2D eigenvalue weighted by Gasteiger charge is 2.31. The van der Waals surface area contributed by atoms with Gasteiger partial charge in [0, 0.05) is 6.42 Å². The van der Waals surface area contributed by atoms with Gasteiger partial charge in [-0.25, -0.2) is 4.98 Å². The number of hydrogen-bond donors (Lipinski definition) is 0. The molecule has 4 nitrogen and oxygen atoms in total. The van der Waals surface area contributed by atoms with Gasteiger partial charge in [0.05, 0.1) is 39.4 Å². The van der Waals surface area contributed by atoms with E-state index in [9.17, 15) is 0 Å². The predicted molar refractivity (Wildman–Crippen MR) is 154 cm³/mol. The van der Waals surface area contributed by atoms with Gasteiger partial charge < -0.3 is 13.6 Å². The Kier molecular flexibility index (Phi) is 11.7. The summed E-state index contributed by atoms with van der Waals surface area (Å²) in [6.45, 7) is 8.01. The Morgan fingerprint density at radius 1 is 1.03 bits per heavy atom. The van der Waals surface area contributed by atoms with Crippen molar-refractivity contribution in [3.63, 3.8) is 0 Å². The molecular formula is C33H45N2O2+. The SMILES string of the molecule is C=C/C=C\C.C[N+](C)(CCCOc1ccccc1)Cc1cnc(C(c2ccccc2)C2CCCCC2)o1. The van der Waals surface area contributed by atoms with E-state index in [0.717, 1.165) is 48.0 Å². The molecule has 0 amide bonds.